The molecule has 1 aromatic heterocycles. The summed E-state index contributed by atoms with van der Waals surface area (Å²) in [7, 11) is 1.46. The molecule has 0 saturated heterocycles. The second-order valence-corrected chi connectivity index (χ2v) is 14.5. The highest BCUT2D eigenvalue weighted by Crippen LogP contribution is 2.45. The van der Waals surface area contributed by atoms with Gasteiger partial charge in [0.05, 0.1) is 30.1 Å². The van der Waals surface area contributed by atoms with Crippen molar-refractivity contribution in [3.8, 4) is 17.0 Å². The van der Waals surface area contributed by atoms with Crippen molar-refractivity contribution in [1.82, 2.24) is 20.0 Å². The lowest BCUT2D eigenvalue weighted by atomic mass is 9.88. The van der Waals surface area contributed by atoms with Crippen molar-refractivity contribution in [2.24, 2.45) is 0 Å². The number of rotatable bonds is 11. The molecular formula is C34H32F6IN5O6. The molecule has 1 saturated carbocycles. The molecule has 1 unspecified atom stereocenters. The van der Waals surface area contributed by atoms with E-state index in [1.54, 1.807) is 0 Å². The Balaban J connectivity index is 1.50. The standard InChI is InChI=1S/C34H32F6IN5O6/c1-32(37,41)19-8-9-21(20(14-19)22-15-24(34(38,39)40)43-17-42-22)44-30(50)26-29(49)33(11-3-4-12-33)45(2)46(31(26)51)16-18-7-10-23(28(36)27(18)35)52-13-5-6-25(47)48/h7-10,14-15,17,49H,3-6,11-13,16H2,1-2H3,(H,44,50)(H,47,48). The van der Waals surface area contributed by atoms with Gasteiger partial charge >= 0.3 is 12.1 Å². The van der Waals surface area contributed by atoms with Crippen LogP contribution >= 0.6 is 22.6 Å². The number of anilines is 1. The summed E-state index contributed by atoms with van der Waals surface area (Å²) in [5.41, 5.74) is -4.26. The van der Waals surface area contributed by atoms with Crippen LogP contribution in [-0.2, 0) is 30.8 Å². The third-order valence-corrected chi connectivity index (χ3v) is 9.64. The zero-order valence-corrected chi connectivity index (χ0v) is 29.8. The van der Waals surface area contributed by atoms with Gasteiger partial charge in [0.25, 0.3) is 11.8 Å². The Hall–Kier alpha value is -4.46. The number of nitrogens with one attached hydrogen (secondary N) is 1. The molecule has 1 atom stereocenters. The second kappa shape index (κ2) is 14.9. The molecular weight excluding hydrogens is 815 g/mol. The summed E-state index contributed by atoms with van der Waals surface area (Å²) in [5, 5.41) is 25.2. The number of carbonyl (C=O) groups excluding carboxylic acids is 2. The van der Waals surface area contributed by atoms with Crippen molar-refractivity contribution in [3.05, 3.63) is 82.5 Å². The van der Waals surface area contributed by atoms with Crippen LogP contribution in [0.1, 0.15) is 62.3 Å². The molecule has 1 aliphatic carbocycles. The van der Waals surface area contributed by atoms with Crippen LogP contribution in [0.4, 0.5) is 32.0 Å². The lowest BCUT2D eigenvalue weighted by Gasteiger charge is -2.48. The number of likely N-dealkylation sites (N-methyl/N-ethyl adjacent to an activating group) is 1. The van der Waals surface area contributed by atoms with Crippen molar-refractivity contribution in [1.29, 1.82) is 0 Å². The van der Waals surface area contributed by atoms with Gasteiger partial charge < -0.3 is 20.3 Å². The van der Waals surface area contributed by atoms with E-state index >= 15 is 8.78 Å². The molecule has 2 amide bonds. The number of ether oxygens (including phenoxy) is 1. The highest BCUT2D eigenvalue weighted by atomic mass is 127. The lowest BCUT2D eigenvalue weighted by molar-refractivity contribution is -0.163. The first-order valence-electron chi connectivity index (χ1n) is 15.9. The summed E-state index contributed by atoms with van der Waals surface area (Å²) in [4.78, 5) is 45.9. The van der Waals surface area contributed by atoms with Crippen molar-refractivity contribution in [2.75, 3.05) is 19.0 Å². The van der Waals surface area contributed by atoms with E-state index in [2.05, 4.69) is 15.3 Å². The van der Waals surface area contributed by atoms with Crippen LogP contribution in [0.25, 0.3) is 11.3 Å². The topological polar surface area (TPSA) is 145 Å². The third-order valence-electron chi connectivity index (χ3n) is 9.01. The SMILES string of the molecule is CN1N(Cc2ccc(OCCCC(=O)O)c(F)c2F)C(=O)C(C(=O)Nc2ccc(C(C)(F)I)cc2-c2cc(C(F)(F)F)ncn2)=C(O)C12CCCC2. The van der Waals surface area contributed by atoms with Gasteiger partial charge in [-0.1, -0.05) is 25.0 Å². The molecule has 5 rings (SSSR count). The Morgan fingerprint density at radius 3 is 2.38 bits per heavy atom. The largest absolute Gasteiger partial charge is 0.509 e. The van der Waals surface area contributed by atoms with E-state index in [0.29, 0.717) is 25.2 Å². The van der Waals surface area contributed by atoms with E-state index in [4.69, 9.17) is 9.84 Å². The number of halogens is 7. The zero-order valence-electron chi connectivity index (χ0n) is 27.7. The van der Waals surface area contributed by atoms with Gasteiger partial charge in [-0.3, -0.25) is 19.4 Å². The molecule has 3 N–H and O–H groups in total. The highest BCUT2D eigenvalue weighted by molar-refractivity contribution is 14.1. The molecule has 1 spiro atoms. The minimum atomic E-state index is -4.86. The first kappa shape index (κ1) is 38.8. The number of carbonyl (C=O) groups is 3. The number of benzene rings is 2. The molecule has 0 bridgehead atoms. The lowest BCUT2D eigenvalue weighted by Crippen LogP contribution is -2.62. The van der Waals surface area contributed by atoms with Gasteiger partial charge in [0, 0.05) is 24.6 Å². The number of hydrogen-bond donors (Lipinski definition) is 3. The van der Waals surface area contributed by atoms with Crippen LogP contribution in [0.2, 0.25) is 0 Å². The van der Waals surface area contributed by atoms with Gasteiger partial charge in [-0.2, -0.15) is 17.6 Å². The first-order valence-corrected chi connectivity index (χ1v) is 17.0. The quantitative estimate of drug-likeness (QED) is 0.0600. The zero-order chi connectivity index (χ0) is 38.2. The maximum absolute atomic E-state index is 15.4. The van der Waals surface area contributed by atoms with Crippen LogP contribution in [0.3, 0.4) is 0 Å². The number of aliphatic hydroxyl groups is 1. The Kier molecular flexibility index (Phi) is 11.1. The van der Waals surface area contributed by atoms with Crippen molar-refractivity contribution < 1.29 is 55.7 Å². The smallest absolute Gasteiger partial charge is 0.433 e. The number of amides is 2. The minimum absolute atomic E-state index is 0.0210. The van der Waals surface area contributed by atoms with Crippen LogP contribution in [0, 0.1) is 11.6 Å². The fraction of sp³-hybridized carbons (Fsp3) is 0.382. The van der Waals surface area contributed by atoms with Crippen molar-refractivity contribution in [3.63, 3.8) is 0 Å². The summed E-state index contributed by atoms with van der Waals surface area (Å²) in [6, 6.07) is 6.60. The molecule has 0 radical (unpaired) electrons. The molecule has 3 aromatic rings. The fourth-order valence-corrected chi connectivity index (χ4v) is 6.58. The summed E-state index contributed by atoms with van der Waals surface area (Å²) in [6.45, 7) is 0.422. The predicted molar refractivity (Wildman–Crippen MR) is 181 cm³/mol. The molecule has 2 aromatic carbocycles. The summed E-state index contributed by atoms with van der Waals surface area (Å²) in [5.74, 6) is -7.13. The monoisotopic (exact) mass is 847 g/mol. The number of alkyl halides is 5. The van der Waals surface area contributed by atoms with Gasteiger partial charge in [0.15, 0.2) is 15.2 Å². The summed E-state index contributed by atoms with van der Waals surface area (Å²) < 4.78 is 89.2. The van der Waals surface area contributed by atoms with E-state index < -0.39 is 74.1 Å². The fourth-order valence-electron chi connectivity index (χ4n) is 6.24. The number of hydrogen-bond acceptors (Lipinski definition) is 8. The number of carboxylic acid groups (broad SMARTS) is 1. The second-order valence-electron chi connectivity index (χ2n) is 12.4. The van der Waals surface area contributed by atoms with Crippen LogP contribution < -0.4 is 10.1 Å². The maximum Gasteiger partial charge on any atom is 0.433 e. The average molecular weight is 848 g/mol. The Morgan fingerprint density at radius 2 is 1.75 bits per heavy atom. The van der Waals surface area contributed by atoms with E-state index in [1.165, 1.54) is 65.8 Å². The molecule has 2 heterocycles. The van der Waals surface area contributed by atoms with Gasteiger partial charge in [-0.05, 0) is 78.6 Å². The van der Waals surface area contributed by atoms with E-state index in [-0.39, 0.29) is 60.4 Å². The number of carboxylic acids is 1. The van der Waals surface area contributed by atoms with Gasteiger partial charge in [-0.25, -0.2) is 23.8 Å². The van der Waals surface area contributed by atoms with E-state index in [1.807, 2.05) is 0 Å². The molecule has 11 nitrogen and oxygen atoms in total. The van der Waals surface area contributed by atoms with Crippen LogP contribution in [0.5, 0.6) is 5.75 Å². The number of aromatic nitrogens is 2. The van der Waals surface area contributed by atoms with Gasteiger partial charge in [0.2, 0.25) is 5.82 Å². The number of aliphatic hydroxyl groups excluding tert-OH is 1. The number of hydrazine groups is 1. The maximum atomic E-state index is 15.4. The van der Waals surface area contributed by atoms with E-state index in [9.17, 15) is 37.1 Å². The summed E-state index contributed by atoms with van der Waals surface area (Å²) in [6.07, 6.45) is -2.67. The average Bonchev–Trinajstić information content (AvgIpc) is 3.58. The highest BCUT2D eigenvalue weighted by Gasteiger charge is 2.53. The minimum Gasteiger partial charge on any atom is -0.509 e. The molecule has 278 valence electrons. The summed E-state index contributed by atoms with van der Waals surface area (Å²) >= 11 is 1.48. The number of aliphatic carboxylic acids is 1. The molecule has 18 heteroatoms. The molecule has 1 fully saturated rings. The van der Waals surface area contributed by atoms with Gasteiger partial charge in [-0.15, -0.1) is 0 Å². The first-order chi connectivity index (χ1) is 24.3. The van der Waals surface area contributed by atoms with Gasteiger partial charge in [0.1, 0.15) is 23.4 Å². The normalized spacial score (nSPS) is 17.4. The van der Waals surface area contributed by atoms with E-state index in [0.717, 1.165) is 11.1 Å². The van der Waals surface area contributed by atoms with Crippen molar-refractivity contribution >= 4 is 46.1 Å². The Bertz CT molecular complexity index is 1930. The molecule has 2 aliphatic rings. The molecule has 1 aliphatic heterocycles. The van der Waals surface area contributed by atoms with Crippen LogP contribution in [0.15, 0.2) is 54.1 Å². The third kappa shape index (κ3) is 7.81. The molecule has 52 heavy (non-hydrogen) atoms. The Labute approximate surface area is 306 Å². The Morgan fingerprint density at radius 1 is 1.06 bits per heavy atom. The van der Waals surface area contributed by atoms with Crippen molar-refractivity contribution in [2.45, 2.75) is 67.4 Å². The number of nitrogens with zero attached hydrogens (tertiary/aromatic N) is 4. The predicted octanol–water partition coefficient (Wildman–Crippen LogP) is 7.21. The van der Waals surface area contributed by atoms with Crippen LogP contribution in [-0.4, -0.2) is 67.2 Å².